The van der Waals surface area contributed by atoms with Crippen molar-refractivity contribution in [3.8, 4) is 0 Å². The fraction of sp³-hybridized carbons (Fsp3) is 0.667. The number of nitrogens with zero attached hydrogens (tertiary/aromatic N) is 2. The van der Waals surface area contributed by atoms with Crippen molar-refractivity contribution in [1.29, 1.82) is 0 Å². The number of halogens is 1. The van der Waals surface area contributed by atoms with Crippen LogP contribution in [0.1, 0.15) is 30.3 Å². The third-order valence-electron chi connectivity index (χ3n) is 2.50. The molecule has 2 heterocycles. The van der Waals surface area contributed by atoms with Crippen LogP contribution >= 0.6 is 0 Å². The zero-order chi connectivity index (χ0) is 8.55. The summed E-state index contributed by atoms with van der Waals surface area (Å²) in [6, 6.07) is 2.50. The van der Waals surface area contributed by atoms with Crippen molar-refractivity contribution >= 4 is 0 Å². The van der Waals surface area contributed by atoms with Crippen LogP contribution in [0.5, 0.6) is 0 Å². The molecule has 0 spiro atoms. The van der Waals surface area contributed by atoms with E-state index in [0.29, 0.717) is 6.04 Å². The third-order valence-corrected chi connectivity index (χ3v) is 2.50. The summed E-state index contributed by atoms with van der Waals surface area (Å²) in [7, 11) is 2.13. The van der Waals surface area contributed by atoms with Gasteiger partial charge in [0.25, 0.3) is 0 Å². The molecule has 1 saturated heterocycles. The molecule has 2 rings (SSSR count). The van der Waals surface area contributed by atoms with Crippen LogP contribution in [0.15, 0.2) is 10.6 Å². The minimum Gasteiger partial charge on any atom is -1.00 e. The predicted octanol–water partition coefficient (Wildman–Crippen LogP) is -1.25. The van der Waals surface area contributed by atoms with Gasteiger partial charge in [-0.25, -0.2) is 0 Å². The van der Waals surface area contributed by atoms with E-state index in [-0.39, 0.29) is 12.4 Å². The van der Waals surface area contributed by atoms with Crippen LogP contribution in [-0.2, 0) is 0 Å². The normalized spacial score (nSPS) is 23.1. The van der Waals surface area contributed by atoms with Crippen molar-refractivity contribution in [2.24, 2.45) is 0 Å². The van der Waals surface area contributed by atoms with E-state index in [1.165, 1.54) is 19.4 Å². The Kier molecular flexibility index (Phi) is 3.33. The van der Waals surface area contributed by atoms with Crippen molar-refractivity contribution < 1.29 is 16.9 Å². The van der Waals surface area contributed by atoms with E-state index in [1.54, 1.807) is 0 Å². The highest BCUT2D eigenvalue weighted by Crippen LogP contribution is 2.30. The molecule has 0 bridgehead atoms. The van der Waals surface area contributed by atoms with E-state index in [1.807, 2.05) is 13.0 Å². The van der Waals surface area contributed by atoms with Crippen LogP contribution in [0.3, 0.4) is 0 Å². The van der Waals surface area contributed by atoms with Crippen LogP contribution in [0.2, 0.25) is 0 Å². The highest BCUT2D eigenvalue weighted by molar-refractivity contribution is 5.09. The Morgan fingerprint density at radius 3 is 2.85 bits per heavy atom. The molecule has 74 valence electrons. The molecule has 0 N–H and O–H groups in total. The van der Waals surface area contributed by atoms with E-state index >= 15 is 0 Å². The second kappa shape index (κ2) is 4.11. The molecule has 1 aliphatic heterocycles. The summed E-state index contributed by atoms with van der Waals surface area (Å²) in [5, 5.41) is 3.89. The maximum Gasteiger partial charge on any atom is 0.154 e. The molecule has 0 unspecified atom stereocenters. The summed E-state index contributed by atoms with van der Waals surface area (Å²) in [4.78, 5) is 2.32. The first-order valence-corrected chi connectivity index (χ1v) is 4.41. The Labute approximate surface area is 84.5 Å². The molecule has 0 radical (unpaired) electrons. The summed E-state index contributed by atoms with van der Waals surface area (Å²) in [6.45, 7) is 3.13. The van der Waals surface area contributed by atoms with Crippen LogP contribution in [0, 0.1) is 6.92 Å². The Balaban J connectivity index is 0.000000845. The number of hydrogen-bond acceptors (Lipinski definition) is 3. The van der Waals surface area contributed by atoms with E-state index in [9.17, 15) is 0 Å². The Morgan fingerprint density at radius 2 is 2.38 bits per heavy atom. The second-order valence-corrected chi connectivity index (χ2v) is 3.51. The lowest BCUT2D eigenvalue weighted by atomic mass is 10.1. The zero-order valence-electron chi connectivity index (χ0n) is 7.96. The number of aryl methyl sites for hydroxylation is 1. The highest BCUT2D eigenvalue weighted by Gasteiger charge is 2.25. The van der Waals surface area contributed by atoms with E-state index in [2.05, 4.69) is 17.1 Å². The predicted molar refractivity (Wildman–Crippen MR) is 45.8 cm³/mol. The number of likely N-dealkylation sites (tertiary alicyclic amines) is 1. The van der Waals surface area contributed by atoms with E-state index in [0.717, 1.165) is 11.5 Å². The van der Waals surface area contributed by atoms with Crippen molar-refractivity contribution in [3.05, 3.63) is 17.5 Å². The molecule has 0 aliphatic carbocycles. The van der Waals surface area contributed by atoms with Crippen LogP contribution in [0.25, 0.3) is 0 Å². The van der Waals surface area contributed by atoms with Gasteiger partial charge in [0, 0.05) is 6.07 Å². The molecule has 1 aliphatic rings. The van der Waals surface area contributed by atoms with Gasteiger partial charge in [-0.3, -0.25) is 4.90 Å². The zero-order valence-corrected chi connectivity index (χ0v) is 8.71. The van der Waals surface area contributed by atoms with Gasteiger partial charge in [-0.1, -0.05) is 5.16 Å². The first-order valence-electron chi connectivity index (χ1n) is 4.41. The monoisotopic (exact) mass is 201 g/mol. The highest BCUT2D eigenvalue weighted by atomic mass is 35.5. The topological polar surface area (TPSA) is 29.3 Å². The molecule has 1 aromatic rings. The van der Waals surface area contributed by atoms with Gasteiger partial charge in [0.15, 0.2) is 5.76 Å². The van der Waals surface area contributed by atoms with Crippen molar-refractivity contribution in [2.75, 3.05) is 13.6 Å². The first-order chi connectivity index (χ1) is 5.77. The van der Waals surface area contributed by atoms with E-state index in [4.69, 9.17) is 4.52 Å². The Hall–Kier alpha value is -0.540. The standard InChI is InChI=1S/C9H14N2O.ClH/c1-7-6-9(12-10-7)8-4-3-5-11(8)2;/h6,8H,3-5H2,1-2H3;1H/p-1/t8-;/m0./s1. The Bertz CT molecular complexity index is 274. The molecule has 0 amide bonds. The van der Waals surface area contributed by atoms with Gasteiger partial charge in [-0.05, 0) is 33.4 Å². The fourth-order valence-electron chi connectivity index (χ4n) is 1.81. The molecule has 1 aromatic heterocycles. The molecule has 4 heteroatoms. The van der Waals surface area contributed by atoms with Gasteiger partial charge in [0.1, 0.15) is 0 Å². The first kappa shape index (κ1) is 10.5. The summed E-state index contributed by atoms with van der Waals surface area (Å²) in [6.07, 6.45) is 2.46. The van der Waals surface area contributed by atoms with Gasteiger partial charge in [0.05, 0.1) is 11.7 Å². The average molecular weight is 202 g/mol. The van der Waals surface area contributed by atoms with Gasteiger partial charge >= 0.3 is 0 Å². The third kappa shape index (κ3) is 2.03. The number of rotatable bonds is 1. The molecule has 13 heavy (non-hydrogen) atoms. The lowest BCUT2D eigenvalue weighted by Crippen LogP contribution is -3.00. The van der Waals surface area contributed by atoms with Crippen molar-refractivity contribution in [1.82, 2.24) is 10.1 Å². The summed E-state index contributed by atoms with van der Waals surface area (Å²) in [5.74, 6) is 1.02. The number of hydrogen-bond donors (Lipinski definition) is 0. The average Bonchev–Trinajstić information content (AvgIpc) is 2.58. The van der Waals surface area contributed by atoms with Crippen molar-refractivity contribution in [3.63, 3.8) is 0 Å². The minimum atomic E-state index is 0. The van der Waals surface area contributed by atoms with Crippen molar-refractivity contribution in [2.45, 2.75) is 25.8 Å². The molecule has 1 fully saturated rings. The molecule has 0 saturated carbocycles. The molecule has 1 atom stereocenters. The summed E-state index contributed by atoms with van der Waals surface area (Å²) >= 11 is 0. The SMILES string of the molecule is Cc1cc([C@@H]2CCCN2C)on1.[Cl-]. The second-order valence-electron chi connectivity index (χ2n) is 3.51. The smallest absolute Gasteiger partial charge is 0.154 e. The van der Waals surface area contributed by atoms with Crippen LogP contribution in [0.4, 0.5) is 0 Å². The largest absolute Gasteiger partial charge is 1.00 e. The van der Waals surface area contributed by atoms with Crippen LogP contribution < -0.4 is 12.4 Å². The van der Waals surface area contributed by atoms with Gasteiger partial charge in [-0.15, -0.1) is 0 Å². The summed E-state index contributed by atoms with van der Waals surface area (Å²) in [5.41, 5.74) is 0.977. The van der Waals surface area contributed by atoms with Gasteiger partial charge < -0.3 is 16.9 Å². The van der Waals surface area contributed by atoms with E-state index < -0.39 is 0 Å². The fourth-order valence-corrected chi connectivity index (χ4v) is 1.81. The molecule has 3 nitrogen and oxygen atoms in total. The minimum absolute atomic E-state index is 0. The lowest BCUT2D eigenvalue weighted by molar-refractivity contribution is -0.00000307. The van der Waals surface area contributed by atoms with Crippen LogP contribution in [-0.4, -0.2) is 23.6 Å². The quantitative estimate of drug-likeness (QED) is 0.569. The number of aromatic nitrogens is 1. The molecular formula is C9H14ClN2O-. The van der Waals surface area contributed by atoms with Gasteiger partial charge in [0.2, 0.25) is 0 Å². The maximum atomic E-state index is 5.23. The summed E-state index contributed by atoms with van der Waals surface area (Å²) < 4.78 is 5.23. The maximum absolute atomic E-state index is 5.23. The Morgan fingerprint density at radius 1 is 1.62 bits per heavy atom. The lowest BCUT2D eigenvalue weighted by Gasteiger charge is -2.15. The molecule has 0 aromatic carbocycles. The molecular weight excluding hydrogens is 188 g/mol. The van der Waals surface area contributed by atoms with Gasteiger partial charge in [-0.2, -0.15) is 0 Å².